The average Bonchev–Trinajstić information content (AvgIpc) is 2.86. The fourth-order valence-corrected chi connectivity index (χ4v) is 2.40. The van der Waals surface area contributed by atoms with Crippen LogP contribution in [0.4, 0.5) is 0 Å². The van der Waals surface area contributed by atoms with Crippen LogP contribution in [0.3, 0.4) is 0 Å². The standard InChI is InChI=1S/C11H23Si2.C5H5.2CH3.2ClH.H2Si.Zr/c1-12(2,3)10-8-7-9-11-13(4,5)6;1-2-4-5-3-1;;;;;;/h8-10H,11H2,1-6H3;1-3H,4H2;2*1H3;2*1H;1H2;/q4*-1;;;;. The summed E-state index contributed by atoms with van der Waals surface area (Å²) in [6.07, 6.45) is 17.6. The van der Waals surface area contributed by atoms with E-state index in [9.17, 15) is 0 Å². The zero-order valence-electron chi connectivity index (χ0n) is 16.9. The Morgan fingerprint density at radius 2 is 1.58 bits per heavy atom. The van der Waals surface area contributed by atoms with Crippen molar-refractivity contribution in [2.24, 2.45) is 0 Å². The van der Waals surface area contributed by atoms with Crippen LogP contribution in [-0.2, 0) is 23.3 Å². The van der Waals surface area contributed by atoms with Crippen LogP contribution in [0, 0.1) is 27.0 Å². The van der Waals surface area contributed by atoms with Gasteiger partial charge in [-0.1, -0.05) is 45.3 Å². The van der Waals surface area contributed by atoms with Crippen molar-refractivity contribution in [3.63, 3.8) is 0 Å². The van der Waals surface area contributed by atoms with Crippen molar-refractivity contribution in [2.45, 2.75) is 51.7 Å². The predicted molar refractivity (Wildman–Crippen MR) is 126 cm³/mol. The van der Waals surface area contributed by atoms with Gasteiger partial charge in [0.1, 0.15) is 0 Å². The zero-order valence-corrected chi connectivity index (χ0v) is 24.4. The second-order valence-corrected chi connectivity index (χ2v) is 17.4. The Morgan fingerprint density at radius 1 is 1.08 bits per heavy atom. The van der Waals surface area contributed by atoms with Gasteiger partial charge in [0.15, 0.2) is 0 Å². The zero-order chi connectivity index (χ0) is 16.1. The maximum absolute atomic E-state index is 3.26. The third-order valence-corrected chi connectivity index (χ3v) is 4.69. The molecule has 0 aliphatic heterocycles. The average molecular weight is 501 g/mol. The Balaban J connectivity index is -0.0000000630. The summed E-state index contributed by atoms with van der Waals surface area (Å²) in [7, 11) is -1.90. The third-order valence-electron chi connectivity index (χ3n) is 2.10. The molecule has 0 saturated carbocycles. The topological polar surface area (TPSA) is 0 Å². The van der Waals surface area contributed by atoms with Crippen molar-refractivity contribution < 1.29 is 23.3 Å². The molecule has 0 atom stereocenters. The van der Waals surface area contributed by atoms with Crippen molar-refractivity contribution in [2.75, 3.05) is 0 Å². The summed E-state index contributed by atoms with van der Waals surface area (Å²) in [5, 5.41) is 0. The molecule has 1 rings (SSSR count). The molecule has 0 saturated heterocycles. The van der Waals surface area contributed by atoms with E-state index in [0.29, 0.717) is 0 Å². The Morgan fingerprint density at radius 3 is 1.83 bits per heavy atom. The molecule has 144 valence electrons. The summed E-state index contributed by atoms with van der Waals surface area (Å²) in [4.78, 5) is 0. The molecule has 0 spiro atoms. The van der Waals surface area contributed by atoms with Crippen molar-refractivity contribution in [3.05, 3.63) is 63.1 Å². The minimum absolute atomic E-state index is 0. The van der Waals surface area contributed by atoms with Crippen LogP contribution in [0.25, 0.3) is 0 Å². The van der Waals surface area contributed by atoms with E-state index in [1.807, 2.05) is 19.0 Å². The first kappa shape index (κ1) is 39.9. The Bertz CT molecular complexity index is 342. The molecule has 0 unspecified atom stereocenters. The van der Waals surface area contributed by atoms with Crippen LogP contribution in [0.5, 0.6) is 0 Å². The van der Waals surface area contributed by atoms with Crippen LogP contribution in [0.2, 0.25) is 45.3 Å². The number of halogens is 2. The van der Waals surface area contributed by atoms with Gasteiger partial charge in [-0.2, -0.15) is 12.2 Å². The van der Waals surface area contributed by atoms with Crippen LogP contribution in [-0.4, -0.2) is 23.0 Å². The monoisotopic (exact) mass is 498 g/mol. The van der Waals surface area contributed by atoms with Gasteiger partial charge in [0.05, 0.1) is 0 Å². The molecule has 0 heterocycles. The van der Waals surface area contributed by atoms with Gasteiger partial charge >= 0.3 is 30.2 Å². The molecule has 0 aromatic carbocycles. The van der Waals surface area contributed by atoms with E-state index in [2.05, 4.69) is 75.4 Å². The van der Waals surface area contributed by atoms with E-state index in [0.717, 1.165) is 6.42 Å². The number of hydrogen-bond donors (Lipinski definition) is 0. The SMILES string of the molecule is C[Si](C)(C)C=C[C-]=CC[Si](C)(C)C.Cl.Cl.[C-]1=CC=CC1.[CH3-].[CH3-].[SiH2]=[Zr]. The van der Waals surface area contributed by atoms with E-state index in [1.54, 1.807) is 23.3 Å². The first-order chi connectivity index (χ1) is 9.21. The molecule has 1 aliphatic carbocycles. The van der Waals surface area contributed by atoms with Gasteiger partial charge in [-0.05, 0) is 8.07 Å². The van der Waals surface area contributed by atoms with Crippen molar-refractivity contribution in [3.8, 4) is 0 Å². The summed E-state index contributed by atoms with van der Waals surface area (Å²) < 4.78 is 0. The third kappa shape index (κ3) is 43.5. The van der Waals surface area contributed by atoms with Gasteiger partial charge in [0, 0.05) is 8.07 Å². The number of hydrogen-bond acceptors (Lipinski definition) is 0. The summed E-state index contributed by atoms with van der Waals surface area (Å²) in [6.45, 7) is 16.1. The van der Waals surface area contributed by atoms with Crippen molar-refractivity contribution >= 4 is 47.8 Å². The van der Waals surface area contributed by atoms with Crippen LogP contribution < -0.4 is 0 Å². The molecule has 0 bridgehead atoms. The first-order valence-electron chi connectivity index (χ1n) is 7.03. The fraction of sp³-hybridized carbons (Fsp3) is 0.444. The molecule has 0 N–H and O–H groups in total. The van der Waals surface area contributed by atoms with Gasteiger partial charge in [-0.3, -0.25) is 12.2 Å². The van der Waals surface area contributed by atoms with E-state index >= 15 is 0 Å². The van der Waals surface area contributed by atoms with Gasteiger partial charge in [0.25, 0.3) is 0 Å². The maximum atomic E-state index is 3.26. The van der Waals surface area contributed by atoms with Crippen molar-refractivity contribution in [1.82, 2.24) is 0 Å². The summed E-state index contributed by atoms with van der Waals surface area (Å²) in [6, 6.07) is 1.24. The van der Waals surface area contributed by atoms with E-state index < -0.39 is 16.1 Å². The van der Waals surface area contributed by atoms with Crippen LogP contribution in [0.1, 0.15) is 6.42 Å². The van der Waals surface area contributed by atoms with Gasteiger partial charge in [-0.25, -0.2) is 23.9 Å². The molecule has 0 aromatic heterocycles. The van der Waals surface area contributed by atoms with E-state index in [-0.39, 0.29) is 39.7 Å². The molecule has 0 nitrogen and oxygen atoms in total. The minimum atomic E-state index is -1.00. The molecule has 24 heavy (non-hydrogen) atoms. The number of rotatable bonds is 4. The van der Waals surface area contributed by atoms with Crippen LogP contribution >= 0.6 is 24.8 Å². The Labute approximate surface area is 184 Å². The molecule has 6 heteroatoms. The molecule has 1 aliphatic rings. The number of allylic oxidation sites excluding steroid dienone is 7. The molecule has 0 aromatic rings. The first-order valence-corrected chi connectivity index (χ1v) is 20.2. The van der Waals surface area contributed by atoms with Crippen molar-refractivity contribution in [1.29, 1.82) is 0 Å². The summed E-state index contributed by atoms with van der Waals surface area (Å²) in [5.74, 6) is 0. The summed E-state index contributed by atoms with van der Waals surface area (Å²) >= 11 is 1.58. The van der Waals surface area contributed by atoms with Gasteiger partial charge < -0.3 is 14.9 Å². The van der Waals surface area contributed by atoms with Gasteiger partial charge in [0.2, 0.25) is 0 Å². The second-order valence-electron chi connectivity index (χ2n) is 6.84. The molecular formula is C18H38Cl2Si3Zr-4. The second kappa shape index (κ2) is 24.1. The molecular weight excluding hydrogens is 463 g/mol. The van der Waals surface area contributed by atoms with Crippen LogP contribution in [0.15, 0.2) is 36.1 Å². The fourth-order valence-electron chi connectivity index (χ4n) is 1.07. The summed E-state index contributed by atoms with van der Waals surface area (Å²) in [5.41, 5.74) is 2.33. The molecule has 0 fully saturated rings. The quantitative estimate of drug-likeness (QED) is 0.243. The Kier molecular flexibility index (Phi) is 40.1. The normalized spacial score (nSPS) is 11.7. The molecule has 0 radical (unpaired) electrons. The van der Waals surface area contributed by atoms with Gasteiger partial charge in [-0.15, -0.1) is 31.2 Å². The molecule has 0 amide bonds. The van der Waals surface area contributed by atoms with E-state index in [1.165, 1.54) is 6.04 Å². The predicted octanol–water partition coefficient (Wildman–Crippen LogP) is 6.25. The Hall–Kier alpha value is 1.07. The van der Waals surface area contributed by atoms with E-state index in [4.69, 9.17) is 0 Å².